The van der Waals surface area contributed by atoms with Crippen molar-refractivity contribution in [3.8, 4) is 5.75 Å². The first kappa shape index (κ1) is 33.0. The maximum Gasteiger partial charge on any atom is 0.306 e. The Hall–Kier alpha value is -2.95. The lowest BCUT2D eigenvalue weighted by molar-refractivity contribution is -0.155. The zero-order valence-corrected chi connectivity index (χ0v) is 26.8. The van der Waals surface area contributed by atoms with Crippen molar-refractivity contribution in [3.63, 3.8) is 0 Å². The van der Waals surface area contributed by atoms with Gasteiger partial charge in [-0.3, -0.25) is 9.59 Å². The third kappa shape index (κ3) is 8.80. The van der Waals surface area contributed by atoms with Crippen molar-refractivity contribution in [1.82, 2.24) is 5.32 Å². The highest BCUT2D eigenvalue weighted by Gasteiger charge is 2.53. The number of amides is 1. The SMILES string of the molecule is CC(C)(C)OC(=O)CC[C@@]1(C(=O)NCC2(O)CCCCC2)N=C(c2ccc(OCCCO)cc2)O[C@@H]1c1ccc(Br)cc1. The van der Waals surface area contributed by atoms with Crippen LogP contribution in [0.1, 0.15) is 89.4 Å². The molecule has 1 aliphatic heterocycles. The molecule has 2 aromatic rings. The van der Waals surface area contributed by atoms with Crippen LogP contribution in [0, 0.1) is 0 Å². The molecule has 0 bridgehead atoms. The lowest BCUT2D eigenvalue weighted by atomic mass is 9.82. The number of carbonyl (C=O) groups is 2. The maximum atomic E-state index is 14.3. The van der Waals surface area contributed by atoms with Crippen molar-refractivity contribution in [3.05, 3.63) is 64.1 Å². The molecule has 10 heteroatoms. The first-order valence-corrected chi connectivity index (χ1v) is 15.8. The monoisotopic (exact) mass is 658 g/mol. The number of aliphatic imine (C=N–C) groups is 1. The van der Waals surface area contributed by atoms with Crippen molar-refractivity contribution >= 4 is 33.7 Å². The molecule has 0 unspecified atom stereocenters. The molecule has 2 aliphatic rings. The Morgan fingerprint density at radius 2 is 1.74 bits per heavy atom. The maximum absolute atomic E-state index is 14.3. The molecule has 9 nitrogen and oxygen atoms in total. The van der Waals surface area contributed by atoms with E-state index in [4.69, 9.17) is 24.3 Å². The standard InChI is InChI=1S/C33H43BrN2O7/c1-31(2,3)43-27(38)16-19-33(30(39)35-22-32(40)17-5-4-6-18-32)28(23-8-12-25(34)13-9-23)42-29(36-33)24-10-14-26(15-11-24)41-21-7-20-37/h8-15,28,37,40H,4-7,16-22H2,1-3H3,(H,35,39)/t28-,33-/m1/s1. The van der Waals surface area contributed by atoms with Crippen LogP contribution in [0.4, 0.5) is 0 Å². The van der Waals surface area contributed by atoms with Crippen LogP contribution < -0.4 is 10.1 Å². The number of nitrogens with zero attached hydrogens (tertiary/aromatic N) is 1. The van der Waals surface area contributed by atoms with Gasteiger partial charge in [0, 0.05) is 36.0 Å². The van der Waals surface area contributed by atoms with Crippen molar-refractivity contribution < 1.29 is 34.0 Å². The Morgan fingerprint density at radius 3 is 2.37 bits per heavy atom. The second-order valence-electron chi connectivity index (χ2n) is 12.4. The van der Waals surface area contributed by atoms with Crippen LogP contribution in [0.25, 0.3) is 0 Å². The molecule has 1 saturated carbocycles. The van der Waals surface area contributed by atoms with Crippen LogP contribution in [-0.2, 0) is 19.1 Å². The van der Waals surface area contributed by atoms with E-state index in [1.165, 1.54) is 0 Å². The van der Waals surface area contributed by atoms with Crippen LogP contribution in [0.3, 0.4) is 0 Å². The van der Waals surface area contributed by atoms with Crippen LogP contribution in [0.2, 0.25) is 0 Å². The minimum Gasteiger partial charge on any atom is -0.494 e. The van der Waals surface area contributed by atoms with E-state index in [1.54, 1.807) is 45.0 Å². The number of ether oxygens (including phenoxy) is 3. The number of aliphatic hydroxyl groups excluding tert-OH is 1. The van der Waals surface area contributed by atoms with Gasteiger partial charge in [-0.15, -0.1) is 0 Å². The highest BCUT2D eigenvalue weighted by Crippen LogP contribution is 2.44. The molecule has 0 aromatic heterocycles. The second kappa shape index (κ2) is 14.2. The minimum atomic E-state index is -1.50. The Bertz CT molecular complexity index is 1270. The van der Waals surface area contributed by atoms with Gasteiger partial charge in [0.05, 0.1) is 12.2 Å². The van der Waals surface area contributed by atoms with Crippen LogP contribution in [-0.4, -0.2) is 64.5 Å². The Labute approximate surface area is 262 Å². The fraction of sp³-hybridized carbons (Fsp3) is 0.545. The molecular formula is C33H43BrN2O7. The van der Waals surface area contributed by atoms with Gasteiger partial charge in [-0.2, -0.15) is 0 Å². The molecule has 3 N–H and O–H groups in total. The zero-order chi connectivity index (χ0) is 31.1. The lowest BCUT2D eigenvalue weighted by Gasteiger charge is -2.35. The van der Waals surface area contributed by atoms with E-state index in [2.05, 4.69) is 21.2 Å². The summed E-state index contributed by atoms with van der Waals surface area (Å²) in [5.74, 6) is 0.0514. The predicted molar refractivity (Wildman–Crippen MR) is 167 cm³/mol. The molecule has 1 fully saturated rings. The molecule has 4 rings (SSSR count). The summed E-state index contributed by atoms with van der Waals surface area (Å²) < 4.78 is 18.6. The first-order chi connectivity index (χ1) is 20.4. The Balaban J connectivity index is 1.70. The first-order valence-electron chi connectivity index (χ1n) is 15.0. The summed E-state index contributed by atoms with van der Waals surface area (Å²) in [6.07, 6.45) is 3.78. The van der Waals surface area contributed by atoms with E-state index in [0.29, 0.717) is 37.2 Å². The average molecular weight is 660 g/mol. The molecule has 234 valence electrons. The number of hydrogen-bond acceptors (Lipinski definition) is 8. The van der Waals surface area contributed by atoms with Gasteiger partial charge in [-0.05, 0) is 82.0 Å². The van der Waals surface area contributed by atoms with E-state index in [-0.39, 0.29) is 31.9 Å². The number of carbonyl (C=O) groups excluding carboxylic acids is 2. The molecule has 1 aliphatic carbocycles. The molecule has 0 spiro atoms. The predicted octanol–water partition coefficient (Wildman–Crippen LogP) is 5.40. The van der Waals surface area contributed by atoms with Crippen LogP contribution in [0.15, 0.2) is 58.0 Å². The molecule has 1 amide bonds. The third-order valence-electron chi connectivity index (χ3n) is 7.70. The van der Waals surface area contributed by atoms with E-state index in [1.807, 2.05) is 24.3 Å². The van der Waals surface area contributed by atoms with Gasteiger partial charge in [0.25, 0.3) is 5.91 Å². The van der Waals surface area contributed by atoms with Gasteiger partial charge in [0.15, 0.2) is 11.6 Å². The summed E-state index contributed by atoms with van der Waals surface area (Å²) in [4.78, 5) is 32.1. The number of halogens is 1. The average Bonchev–Trinajstić information content (AvgIpc) is 3.36. The van der Waals surface area contributed by atoms with E-state index in [9.17, 15) is 14.7 Å². The van der Waals surface area contributed by atoms with Crippen LogP contribution in [0.5, 0.6) is 5.75 Å². The number of aliphatic hydroxyl groups is 2. The quantitative estimate of drug-likeness (QED) is 0.206. The van der Waals surface area contributed by atoms with Gasteiger partial charge in [0.2, 0.25) is 5.90 Å². The summed E-state index contributed by atoms with van der Waals surface area (Å²) in [6, 6.07) is 14.7. The number of esters is 1. The molecule has 0 saturated heterocycles. The summed E-state index contributed by atoms with van der Waals surface area (Å²) in [5, 5.41) is 23.2. The number of hydrogen-bond donors (Lipinski definition) is 3. The van der Waals surface area contributed by atoms with Crippen LogP contribution >= 0.6 is 15.9 Å². The van der Waals surface area contributed by atoms with Gasteiger partial charge in [-0.1, -0.05) is 47.3 Å². The van der Waals surface area contributed by atoms with Crippen molar-refractivity contribution in [2.75, 3.05) is 19.8 Å². The summed E-state index contributed by atoms with van der Waals surface area (Å²) in [7, 11) is 0. The molecule has 1 heterocycles. The van der Waals surface area contributed by atoms with E-state index in [0.717, 1.165) is 29.3 Å². The Morgan fingerprint density at radius 1 is 1.07 bits per heavy atom. The van der Waals surface area contributed by atoms with Gasteiger partial charge >= 0.3 is 5.97 Å². The highest BCUT2D eigenvalue weighted by molar-refractivity contribution is 9.10. The number of benzene rings is 2. The van der Waals surface area contributed by atoms with Crippen molar-refractivity contribution in [2.24, 2.45) is 4.99 Å². The van der Waals surface area contributed by atoms with E-state index < -0.39 is 34.7 Å². The fourth-order valence-corrected chi connectivity index (χ4v) is 5.74. The third-order valence-corrected chi connectivity index (χ3v) is 8.22. The topological polar surface area (TPSA) is 127 Å². The highest BCUT2D eigenvalue weighted by atomic mass is 79.9. The van der Waals surface area contributed by atoms with Crippen molar-refractivity contribution in [1.29, 1.82) is 0 Å². The second-order valence-corrected chi connectivity index (χ2v) is 13.3. The summed E-state index contributed by atoms with van der Waals surface area (Å²) >= 11 is 3.48. The lowest BCUT2D eigenvalue weighted by Crippen LogP contribution is -2.53. The molecular weight excluding hydrogens is 616 g/mol. The van der Waals surface area contributed by atoms with E-state index >= 15 is 0 Å². The fourth-order valence-electron chi connectivity index (χ4n) is 5.48. The van der Waals surface area contributed by atoms with Gasteiger partial charge < -0.3 is 29.7 Å². The number of nitrogens with one attached hydrogen (secondary N) is 1. The van der Waals surface area contributed by atoms with Crippen molar-refractivity contribution in [2.45, 2.75) is 95.0 Å². The number of rotatable bonds is 12. The zero-order valence-electron chi connectivity index (χ0n) is 25.2. The smallest absolute Gasteiger partial charge is 0.306 e. The largest absolute Gasteiger partial charge is 0.494 e. The molecule has 2 atom stereocenters. The minimum absolute atomic E-state index is 0.0404. The molecule has 2 aromatic carbocycles. The van der Waals surface area contributed by atoms with Gasteiger partial charge in [-0.25, -0.2) is 4.99 Å². The normalized spacial score (nSPS) is 21.4. The summed E-state index contributed by atoms with van der Waals surface area (Å²) in [5.41, 5.74) is -1.79. The summed E-state index contributed by atoms with van der Waals surface area (Å²) in [6.45, 7) is 5.93. The molecule has 43 heavy (non-hydrogen) atoms. The van der Waals surface area contributed by atoms with Gasteiger partial charge in [0.1, 0.15) is 11.4 Å². The Kier molecular flexibility index (Phi) is 10.9. The molecule has 0 radical (unpaired) electrons.